The molecule has 0 aromatic carbocycles. The first-order valence-corrected chi connectivity index (χ1v) is 15.3. The number of hydrogen-bond acceptors (Lipinski definition) is 12. The Kier molecular flexibility index (Phi) is 9.78. The Bertz CT molecular complexity index is 1050. The average molecular weight is 605 g/mol. The largest absolute Gasteiger partial charge is 1.00 e. The average Bonchev–Trinajstić information content (AvgIpc) is 3.07. The van der Waals surface area contributed by atoms with Gasteiger partial charge in [-0.1, -0.05) is 27.7 Å². The van der Waals surface area contributed by atoms with Gasteiger partial charge >= 0.3 is 29.6 Å². The molecule has 0 aromatic heterocycles. The van der Waals surface area contributed by atoms with Gasteiger partial charge in [0.2, 0.25) is 10.4 Å². The van der Waals surface area contributed by atoms with Crippen LogP contribution in [0, 0.1) is 28.6 Å². The number of aliphatic hydroxyl groups excluding tert-OH is 5. The quantitative estimate of drug-likeness (QED) is 0.0788. The van der Waals surface area contributed by atoms with E-state index < -0.39 is 80.6 Å². The Morgan fingerprint density at radius 2 is 1.52 bits per heavy atom. The summed E-state index contributed by atoms with van der Waals surface area (Å²) in [4.78, 5) is 0. The molecule has 4 aliphatic rings. The van der Waals surface area contributed by atoms with Gasteiger partial charge in [-0.2, -0.15) is 0 Å². The third-order valence-electron chi connectivity index (χ3n) is 11.7. The molecule has 4 rings (SSSR count). The minimum Gasteiger partial charge on any atom is -0.726 e. The van der Waals surface area contributed by atoms with Crippen molar-refractivity contribution in [1.82, 2.24) is 0 Å². The third-order valence-corrected chi connectivity index (χ3v) is 12.2. The standard InChI is InChI=1S/C26H46O12S.Na/c1-5-14(27)7-6-13(2)15-12-18(29)26(34)22(15,3)11-9-17-23(4)10-8-16(28)19(30)25(23,33)21(38-39(35,36)37)20(31)24(17,26)32;/h13-21,27-34H,5-12H2,1-4H3,(H,35,36,37);/q;+1/p-1/t13-,14-,15-,16+,17?,18+,19+,20+,21+,22-,23-,24-,25+,26+;/m1./s1. The Labute approximate surface area is 258 Å². The molecule has 14 atom stereocenters. The SMILES string of the molecule is CC[C@@H](O)CC[C@@H](C)[C@H]1C[C@H](O)[C@@]2(O)[C@@]3(O)C(CC[C@]12C)[C@@]1(C)CC[C@H](O)[C@H](O)[C@]1(O)[C@@H](OS(=O)(=O)[O-])[C@@H]3O.[Na+]. The van der Waals surface area contributed by atoms with Crippen LogP contribution in [0.2, 0.25) is 0 Å². The summed E-state index contributed by atoms with van der Waals surface area (Å²) in [7, 11) is -5.63. The van der Waals surface area contributed by atoms with Crippen LogP contribution < -0.4 is 29.6 Å². The van der Waals surface area contributed by atoms with E-state index in [1.165, 1.54) is 6.92 Å². The van der Waals surface area contributed by atoms with Gasteiger partial charge < -0.3 is 45.4 Å². The summed E-state index contributed by atoms with van der Waals surface area (Å²) in [6, 6.07) is 0. The molecule has 0 saturated heterocycles. The molecule has 40 heavy (non-hydrogen) atoms. The van der Waals surface area contributed by atoms with Gasteiger partial charge in [0.15, 0.2) is 0 Å². The van der Waals surface area contributed by atoms with E-state index in [0.717, 1.165) is 0 Å². The Hall–Kier alpha value is 0.550. The molecule has 8 N–H and O–H groups in total. The minimum absolute atomic E-state index is 0. The monoisotopic (exact) mass is 604 g/mol. The molecule has 4 aliphatic carbocycles. The van der Waals surface area contributed by atoms with Crippen LogP contribution in [0.1, 0.15) is 79.1 Å². The zero-order valence-electron chi connectivity index (χ0n) is 24.0. The first kappa shape index (κ1) is 35.0. The first-order valence-electron chi connectivity index (χ1n) is 14.0. The predicted octanol–water partition coefficient (Wildman–Crippen LogP) is -4.09. The maximum absolute atomic E-state index is 12.5. The summed E-state index contributed by atoms with van der Waals surface area (Å²) in [6.45, 7) is 6.93. The molecule has 4 fully saturated rings. The summed E-state index contributed by atoms with van der Waals surface area (Å²) >= 11 is 0. The summed E-state index contributed by atoms with van der Waals surface area (Å²) in [6.07, 6.45) is -8.65. The van der Waals surface area contributed by atoms with Gasteiger partial charge in [0, 0.05) is 16.7 Å². The van der Waals surface area contributed by atoms with Gasteiger partial charge in [-0.3, -0.25) is 4.18 Å². The summed E-state index contributed by atoms with van der Waals surface area (Å²) in [5.74, 6) is -1.67. The van der Waals surface area contributed by atoms with Crippen LogP contribution in [0.25, 0.3) is 0 Å². The number of fused-ring (bicyclic) bond motifs is 5. The van der Waals surface area contributed by atoms with Crippen LogP contribution in [-0.4, -0.2) is 107 Å². The van der Waals surface area contributed by atoms with E-state index in [2.05, 4.69) is 4.18 Å². The van der Waals surface area contributed by atoms with Crippen LogP contribution in [-0.2, 0) is 14.6 Å². The van der Waals surface area contributed by atoms with Crippen LogP contribution >= 0.6 is 0 Å². The van der Waals surface area contributed by atoms with Gasteiger partial charge in [-0.05, 0) is 63.2 Å². The second kappa shape index (κ2) is 11.2. The summed E-state index contributed by atoms with van der Waals surface area (Å²) in [5.41, 5.74) is -10.6. The van der Waals surface area contributed by atoms with Gasteiger partial charge in [0.25, 0.3) is 0 Å². The van der Waals surface area contributed by atoms with E-state index in [4.69, 9.17) is 0 Å². The molecular weight excluding hydrogens is 559 g/mol. The molecule has 0 amide bonds. The van der Waals surface area contributed by atoms with Crippen molar-refractivity contribution in [3.05, 3.63) is 0 Å². The normalized spacial score (nSPS) is 52.1. The molecular formula is C26H45NaO12S. The second-order valence-electron chi connectivity index (χ2n) is 13.2. The molecule has 0 bridgehead atoms. The Morgan fingerprint density at radius 1 is 0.950 bits per heavy atom. The molecule has 0 aromatic rings. The molecule has 12 nitrogen and oxygen atoms in total. The van der Waals surface area contributed by atoms with Crippen molar-refractivity contribution >= 4 is 10.4 Å². The number of aliphatic hydroxyl groups is 8. The maximum atomic E-state index is 12.5. The fourth-order valence-electron chi connectivity index (χ4n) is 9.43. The van der Waals surface area contributed by atoms with Crippen molar-refractivity contribution in [3.63, 3.8) is 0 Å². The Morgan fingerprint density at radius 3 is 2.08 bits per heavy atom. The fourth-order valence-corrected chi connectivity index (χ4v) is 9.94. The first-order chi connectivity index (χ1) is 17.8. The number of rotatable bonds is 7. The van der Waals surface area contributed by atoms with E-state index in [1.807, 2.05) is 13.8 Å². The van der Waals surface area contributed by atoms with Crippen LogP contribution in [0.3, 0.4) is 0 Å². The van der Waals surface area contributed by atoms with E-state index >= 15 is 0 Å². The van der Waals surface area contributed by atoms with Crippen molar-refractivity contribution in [2.45, 2.75) is 132 Å². The van der Waals surface area contributed by atoms with E-state index in [0.29, 0.717) is 19.3 Å². The van der Waals surface area contributed by atoms with E-state index in [9.17, 15) is 53.8 Å². The maximum Gasteiger partial charge on any atom is 1.00 e. The number of hydrogen-bond donors (Lipinski definition) is 8. The predicted molar refractivity (Wildman–Crippen MR) is 134 cm³/mol. The van der Waals surface area contributed by atoms with Crippen molar-refractivity contribution < 1.29 is 87.6 Å². The minimum atomic E-state index is -5.63. The van der Waals surface area contributed by atoms with Crippen LogP contribution in [0.15, 0.2) is 0 Å². The van der Waals surface area contributed by atoms with E-state index in [1.54, 1.807) is 6.92 Å². The van der Waals surface area contributed by atoms with Crippen molar-refractivity contribution in [2.75, 3.05) is 0 Å². The van der Waals surface area contributed by atoms with Gasteiger partial charge in [0.05, 0.1) is 18.3 Å². The van der Waals surface area contributed by atoms with Gasteiger partial charge in [0.1, 0.15) is 35.1 Å². The second-order valence-corrected chi connectivity index (χ2v) is 14.2. The molecule has 0 spiro atoms. The molecule has 4 saturated carbocycles. The third kappa shape index (κ3) is 4.53. The molecule has 0 aliphatic heterocycles. The molecule has 14 heteroatoms. The topological polar surface area (TPSA) is 228 Å². The smallest absolute Gasteiger partial charge is 0.726 e. The van der Waals surface area contributed by atoms with Crippen LogP contribution in [0.4, 0.5) is 0 Å². The van der Waals surface area contributed by atoms with Crippen molar-refractivity contribution in [3.8, 4) is 0 Å². The molecule has 0 heterocycles. The van der Waals surface area contributed by atoms with E-state index in [-0.39, 0.29) is 73.5 Å². The molecule has 228 valence electrons. The van der Waals surface area contributed by atoms with Crippen molar-refractivity contribution in [1.29, 1.82) is 0 Å². The van der Waals surface area contributed by atoms with Gasteiger partial charge in [-0.25, -0.2) is 8.42 Å². The molecule has 1 unspecified atom stereocenters. The Balaban J connectivity index is 0.00000441. The summed E-state index contributed by atoms with van der Waals surface area (Å²) < 4.78 is 40.0. The fraction of sp³-hybridized carbons (Fsp3) is 1.00. The molecule has 0 radical (unpaired) electrons. The summed E-state index contributed by atoms with van der Waals surface area (Å²) in [5, 5.41) is 91.3. The zero-order chi connectivity index (χ0) is 29.6. The van der Waals surface area contributed by atoms with Crippen molar-refractivity contribution in [2.24, 2.45) is 28.6 Å². The van der Waals surface area contributed by atoms with Crippen LogP contribution in [0.5, 0.6) is 0 Å². The van der Waals surface area contributed by atoms with Gasteiger partial charge in [-0.15, -0.1) is 0 Å². The zero-order valence-corrected chi connectivity index (χ0v) is 26.8.